The number of rotatable bonds is 6. The van der Waals surface area contributed by atoms with Crippen molar-refractivity contribution in [2.75, 3.05) is 14.2 Å². The largest absolute Gasteiger partial charge is 0.400 e. The molecule has 4 nitrogen and oxygen atoms in total. The van der Waals surface area contributed by atoms with Gasteiger partial charge in [0.2, 0.25) is 0 Å². The topological polar surface area (TPSA) is 66.2 Å². The molecule has 43 heavy (non-hydrogen) atoms. The zero-order valence-corrected chi connectivity index (χ0v) is 32.4. The van der Waals surface area contributed by atoms with E-state index in [1.165, 1.54) is 10.4 Å². The number of hydrogen-bond donors (Lipinski definition) is 2. The molecule has 2 heterocycles. The van der Waals surface area contributed by atoms with Crippen LogP contribution in [0.25, 0.3) is 22.5 Å². The van der Waals surface area contributed by atoms with Gasteiger partial charge in [-0.15, -0.1) is 71.8 Å². The fraction of sp³-hybridized carbons (Fsp3) is 0.389. The standard InChI is InChI=1S/2C17H22NSi.2CH4O.Ir/c2*1-13(2)15-11-16(14-9-7-6-8-10-14)18-12-17(15)19(3,4)5;2*1-2;/h2*6-9,11-13H,1-5H3;2*2H,1H3;/q2*-1;;;/i2*13D;;;. The second kappa shape index (κ2) is 19.2. The minimum atomic E-state index is -1.50. The number of aliphatic hydroxyl groups is 2. The van der Waals surface area contributed by atoms with Crippen molar-refractivity contribution >= 4 is 26.5 Å². The molecule has 237 valence electrons. The van der Waals surface area contributed by atoms with Crippen molar-refractivity contribution in [2.45, 2.75) is 78.8 Å². The molecule has 0 aliphatic heterocycles. The van der Waals surface area contributed by atoms with Gasteiger partial charge in [0.25, 0.3) is 0 Å². The number of aliphatic hydroxyl groups excluding tert-OH is 2. The summed E-state index contributed by atoms with van der Waals surface area (Å²) in [5.74, 6) is -1.22. The number of aromatic nitrogens is 2. The molecule has 0 amide bonds. The molecular formula is C36H52IrN2O2Si2-2. The Hall–Kier alpha value is -2.26. The van der Waals surface area contributed by atoms with Gasteiger partial charge in [0.05, 0.1) is 16.1 Å². The minimum absolute atomic E-state index is 0. The van der Waals surface area contributed by atoms with Gasteiger partial charge in [-0.1, -0.05) is 90.2 Å². The Morgan fingerprint density at radius 1 is 0.628 bits per heavy atom. The molecule has 2 aromatic heterocycles. The van der Waals surface area contributed by atoms with Crippen LogP contribution in [0, 0.1) is 12.1 Å². The minimum Gasteiger partial charge on any atom is -0.400 e. The van der Waals surface area contributed by atoms with Crippen molar-refractivity contribution in [3.8, 4) is 22.5 Å². The molecule has 4 rings (SSSR count). The molecule has 0 spiro atoms. The average Bonchev–Trinajstić information content (AvgIpc) is 2.98. The first kappa shape index (κ1) is 36.9. The van der Waals surface area contributed by atoms with E-state index in [0.29, 0.717) is 0 Å². The molecule has 0 saturated heterocycles. The molecule has 0 unspecified atom stereocenters. The predicted molar refractivity (Wildman–Crippen MR) is 187 cm³/mol. The molecule has 0 fully saturated rings. The summed E-state index contributed by atoms with van der Waals surface area (Å²) in [5.41, 5.74) is 5.98. The van der Waals surface area contributed by atoms with E-state index in [-0.39, 0.29) is 20.1 Å². The van der Waals surface area contributed by atoms with E-state index >= 15 is 0 Å². The van der Waals surface area contributed by atoms with Crippen LogP contribution in [0.15, 0.2) is 73.1 Å². The molecule has 1 radical (unpaired) electrons. The number of benzene rings is 2. The van der Waals surface area contributed by atoms with Gasteiger partial charge in [-0.05, 0) is 33.5 Å². The first-order valence-electron chi connectivity index (χ1n) is 15.2. The Balaban J connectivity index is 0.000000760. The summed E-state index contributed by atoms with van der Waals surface area (Å²) >= 11 is 0. The van der Waals surface area contributed by atoms with Crippen molar-refractivity contribution in [3.63, 3.8) is 0 Å². The maximum Gasteiger partial charge on any atom is 0.0799 e. The normalized spacial score (nSPS) is 12.0. The van der Waals surface area contributed by atoms with Gasteiger partial charge < -0.3 is 20.2 Å². The molecule has 0 aliphatic rings. The van der Waals surface area contributed by atoms with Gasteiger partial charge in [0, 0.05) is 49.5 Å². The summed E-state index contributed by atoms with van der Waals surface area (Å²) in [4.78, 5) is 9.22. The summed E-state index contributed by atoms with van der Waals surface area (Å²) in [7, 11) is -1.01. The molecule has 2 aromatic carbocycles. The summed E-state index contributed by atoms with van der Waals surface area (Å²) in [6, 6.07) is 26.3. The van der Waals surface area contributed by atoms with Crippen LogP contribution >= 0.6 is 0 Å². The van der Waals surface area contributed by atoms with Crippen LogP contribution in [-0.4, -0.2) is 50.5 Å². The molecule has 7 heteroatoms. The van der Waals surface area contributed by atoms with Crippen molar-refractivity contribution in [3.05, 3.63) is 96.3 Å². The first-order chi connectivity index (χ1) is 20.4. The van der Waals surface area contributed by atoms with Gasteiger partial charge in [-0.2, -0.15) is 0 Å². The van der Waals surface area contributed by atoms with E-state index in [1.807, 2.05) is 88.6 Å². The fourth-order valence-electron chi connectivity index (χ4n) is 4.33. The number of pyridine rings is 2. The van der Waals surface area contributed by atoms with Gasteiger partial charge in [0.15, 0.2) is 0 Å². The third-order valence-electron chi connectivity index (χ3n) is 6.47. The monoisotopic (exact) mass is 795 g/mol. The quantitative estimate of drug-likeness (QED) is 0.156. The van der Waals surface area contributed by atoms with Gasteiger partial charge in [-0.3, -0.25) is 0 Å². The third kappa shape index (κ3) is 12.3. The van der Waals surface area contributed by atoms with Crippen LogP contribution in [-0.2, 0) is 20.1 Å². The molecular weight excluding hydrogens is 741 g/mol. The Labute approximate surface area is 280 Å². The molecule has 0 atom stereocenters. The summed E-state index contributed by atoms with van der Waals surface area (Å²) in [6.45, 7) is 21.6. The van der Waals surface area contributed by atoms with Crippen molar-refractivity contribution in [2.24, 2.45) is 0 Å². The van der Waals surface area contributed by atoms with Crippen LogP contribution in [0.5, 0.6) is 0 Å². The van der Waals surface area contributed by atoms with Gasteiger partial charge in [-0.25, -0.2) is 0 Å². The smallest absolute Gasteiger partial charge is 0.0799 e. The molecule has 2 N–H and O–H groups in total. The van der Waals surface area contributed by atoms with Crippen molar-refractivity contribution in [1.82, 2.24) is 9.97 Å². The van der Waals surface area contributed by atoms with Crippen LogP contribution in [0.4, 0.5) is 0 Å². The van der Waals surface area contributed by atoms with E-state index in [9.17, 15) is 0 Å². The number of hydrogen-bond acceptors (Lipinski definition) is 4. The molecule has 0 bridgehead atoms. The summed E-state index contributed by atoms with van der Waals surface area (Å²) in [5, 5.41) is 16.6. The first-order valence-corrected chi connectivity index (χ1v) is 21.2. The zero-order valence-electron chi connectivity index (χ0n) is 30.1. The Bertz CT molecular complexity index is 1320. The Morgan fingerprint density at radius 2 is 0.953 bits per heavy atom. The van der Waals surface area contributed by atoms with Crippen molar-refractivity contribution in [1.29, 1.82) is 0 Å². The van der Waals surface area contributed by atoms with E-state index in [1.54, 1.807) is 0 Å². The van der Waals surface area contributed by atoms with Crippen molar-refractivity contribution < 1.29 is 33.1 Å². The van der Waals surface area contributed by atoms with Gasteiger partial charge >= 0.3 is 0 Å². The fourth-order valence-corrected chi connectivity index (χ4v) is 7.50. The van der Waals surface area contributed by atoms with Crippen LogP contribution in [0.2, 0.25) is 39.3 Å². The van der Waals surface area contributed by atoms with Gasteiger partial charge in [0.1, 0.15) is 0 Å². The maximum absolute atomic E-state index is 8.44. The van der Waals surface area contributed by atoms with E-state index < -0.39 is 27.9 Å². The molecule has 0 aliphatic carbocycles. The third-order valence-corrected chi connectivity index (χ3v) is 10.5. The van der Waals surface area contributed by atoms with E-state index in [2.05, 4.69) is 73.5 Å². The van der Waals surface area contributed by atoms with Crippen LogP contribution in [0.3, 0.4) is 0 Å². The second-order valence-electron chi connectivity index (χ2n) is 12.3. The van der Waals surface area contributed by atoms with Crippen LogP contribution < -0.4 is 10.4 Å². The SMILES string of the molecule is CO.CO.[2H]C(C)(C)c1cc(-c2[c-]cccc2)ncc1[Si](C)(C)C.[2H]C(C)(C)c1cc(-c2[c-]cccc2)ncc1[Si](C)(C)C.[Ir]. The predicted octanol–water partition coefficient (Wildman–Crippen LogP) is 7.65. The second-order valence-corrected chi connectivity index (χ2v) is 22.4. The Kier molecular flexibility index (Phi) is 16.5. The summed E-state index contributed by atoms with van der Waals surface area (Å²) < 4.78 is 16.9. The van der Waals surface area contributed by atoms with E-state index in [4.69, 9.17) is 13.0 Å². The molecule has 4 aromatic rings. The molecule has 0 saturated carbocycles. The summed E-state index contributed by atoms with van der Waals surface area (Å²) in [6.07, 6.45) is 3.96. The number of nitrogens with zero attached hydrogens (tertiary/aromatic N) is 2. The Morgan fingerprint density at radius 3 is 1.19 bits per heavy atom. The van der Waals surface area contributed by atoms with E-state index in [0.717, 1.165) is 47.9 Å². The maximum atomic E-state index is 8.44. The average molecular weight is 795 g/mol. The van der Waals surface area contributed by atoms with Crippen LogP contribution in [0.1, 0.15) is 53.4 Å². The zero-order chi connectivity index (χ0) is 33.9.